The predicted octanol–water partition coefficient (Wildman–Crippen LogP) is 4.13. The van der Waals surface area contributed by atoms with Gasteiger partial charge in [0.25, 0.3) is 5.91 Å². The van der Waals surface area contributed by atoms with Crippen LogP contribution in [0.4, 0.5) is 5.13 Å². The minimum Gasteiger partial charge on any atom is -0.372 e. The van der Waals surface area contributed by atoms with Crippen LogP contribution in [-0.4, -0.2) is 52.3 Å². The van der Waals surface area contributed by atoms with Gasteiger partial charge in [0.05, 0.1) is 32.7 Å². The molecule has 5 rings (SSSR count). The lowest BCUT2D eigenvalue weighted by Crippen LogP contribution is -2.17. The first-order valence-corrected chi connectivity index (χ1v) is 12.9. The zero-order valence-corrected chi connectivity index (χ0v) is 22.5. The number of rotatable bonds is 5. The normalized spacial score (nSPS) is 11.7. The van der Waals surface area contributed by atoms with E-state index in [-0.39, 0.29) is 11.8 Å². The number of pyridine rings is 1. The second-order valence-corrected chi connectivity index (χ2v) is 9.88. The Kier molecular flexibility index (Phi) is 7.24. The number of benzene rings is 1. The maximum absolute atomic E-state index is 12.1. The molecule has 0 radical (unpaired) electrons. The highest BCUT2D eigenvalue weighted by Gasteiger charge is 2.30. The maximum atomic E-state index is 12.1. The number of anilines is 1. The SMILES string of the molecule is CNC(=O)c1ccc(-n2nc(-c3ccc(C#CCOC)nc3)c3c2-c2sc(NC(C)=O)nc2CC3)c(Cl)c1. The molecule has 0 atom stereocenters. The van der Waals surface area contributed by atoms with Crippen molar-refractivity contribution in [1.29, 1.82) is 0 Å². The number of halogens is 1. The number of hydrogen-bond donors (Lipinski definition) is 2. The summed E-state index contributed by atoms with van der Waals surface area (Å²) in [5.41, 5.74) is 6.09. The van der Waals surface area contributed by atoms with E-state index < -0.39 is 0 Å². The number of amides is 2. The Morgan fingerprint density at radius 2 is 2.08 bits per heavy atom. The van der Waals surface area contributed by atoms with Crippen molar-refractivity contribution in [2.45, 2.75) is 19.8 Å². The van der Waals surface area contributed by atoms with Gasteiger partial charge in [-0.25, -0.2) is 14.6 Å². The number of thiazole rings is 1. The van der Waals surface area contributed by atoms with Crippen LogP contribution in [0, 0.1) is 11.8 Å². The van der Waals surface area contributed by atoms with E-state index in [9.17, 15) is 9.59 Å². The van der Waals surface area contributed by atoms with Gasteiger partial charge < -0.3 is 15.4 Å². The van der Waals surface area contributed by atoms with Crippen LogP contribution in [0.15, 0.2) is 36.5 Å². The number of fused-ring (bicyclic) bond motifs is 3. The van der Waals surface area contributed by atoms with Crippen molar-refractivity contribution in [3.05, 3.63) is 64.1 Å². The van der Waals surface area contributed by atoms with Crippen LogP contribution in [0.5, 0.6) is 0 Å². The Morgan fingerprint density at radius 3 is 2.76 bits per heavy atom. The predicted molar refractivity (Wildman–Crippen MR) is 147 cm³/mol. The lowest BCUT2D eigenvalue weighted by atomic mass is 9.95. The van der Waals surface area contributed by atoms with Crippen LogP contribution in [-0.2, 0) is 22.4 Å². The Bertz CT molecular complexity index is 1610. The molecule has 2 amide bonds. The van der Waals surface area contributed by atoms with Crippen LogP contribution in [0.25, 0.3) is 27.5 Å². The van der Waals surface area contributed by atoms with E-state index in [1.807, 2.05) is 12.1 Å². The molecular formula is C27H23ClN6O3S. The van der Waals surface area contributed by atoms with E-state index in [0.29, 0.717) is 46.5 Å². The first kappa shape index (κ1) is 25.6. The molecule has 38 heavy (non-hydrogen) atoms. The lowest BCUT2D eigenvalue weighted by Gasteiger charge is -2.15. The summed E-state index contributed by atoms with van der Waals surface area (Å²) in [5, 5.41) is 11.3. The largest absolute Gasteiger partial charge is 0.372 e. The highest BCUT2D eigenvalue weighted by atomic mass is 35.5. The van der Waals surface area contributed by atoms with E-state index in [1.54, 1.807) is 43.2 Å². The van der Waals surface area contributed by atoms with Crippen molar-refractivity contribution in [3.63, 3.8) is 0 Å². The summed E-state index contributed by atoms with van der Waals surface area (Å²) < 4.78 is 6.77. The number of methoxy groups -OCH3 is 1. The summed E-state index contributed by atoms with van der Waals surface area (Å²) >= 11 is 8.10. The van der Waals surface area contributed by atoms with Gasteiger partial charge in [-0.05, 0) is 49.1 Å². The summed E-state index contributed by atoms with van der Waals surface area (Å²) in [6.45, 7) is 1.79. The van der Waals surface area contributed by atoms with Crippen molar-refractivity contribution in [2.75, 3.05) is 26.1 Å². The van der Waals surface area contributed by atoms with E-state index >= 15 is 0 Å². The number of carbonyl (C=O) groups is 2. The van der Waals surface area contributed by atoms with E-state index in [4.69, 9.17) is 21.4 Å². The highest BCUT2D eigenvalue weighted by Crippen LogP contribution is 2.44. The molecule has 0 saturated heterocycles. The second kappa shape index (κ2) is 10.8. The summed E-state index contributed by atoms with van der Waals surface area (Å²) in [4.78, 5) is 33.9. The van der Waals surface area contributed by atoms with Gasteiger partial charge in [-0.1, -0.05) is 28.9 Å². The van der Waals surface area contributed by atoms with Crippen LogP contribution in [0.3, 0.4) is 0 Å². The van der Waals surface area contributed by atoms with E-state index in [0.717, 1.165) is 33.1 Å². The first-order valence-electron chi connectivity index (χ1n) is 11.8. The number of nitrogens with zero attached hydrogens (tertiary/aromatic N) is 4. The van der Waals surface area contributed by atoms with Gasteiger partial charge in [-0.3, -0.25) is 9.59 Å². The molecular weight excluding hydrogens is 524 g/mol. The first-order chi connectivity index (χ1) is 18.4. The molecule has 0 saturated carbocycles. The lowest BCUT2D eigenvalue weighted by molar-refractivity contribution is -0.114. The third-order valence-electron chi connectivity index (χ3n) is 5.93. The molecule has 192 valence electrons. The van der Waals surface area contributed by atoms with Gasteiger partial charge in [0, 0.05) is 44.0 Å². The number of aryl methyl sites for hydroxylation is 1. The van der Waals surface area contributed by atoms with Crippen molar-refractivity contribution in [1.82, 2.24) is 25.1 Å². The van der Waals surface area contributed by atoms with Gasteiger partial charge >= 0.3 is 0 Å². The van der Waals surface area contributed by atoms with E-state index in [2.05, 4.69) is 32.4 Å². The fourth-order valence-electron chi connectivity index (χ4n) is 4.25. The minimum atomic E-state index is -0.230. The molecule has 0 spiro atoms. The summed E-state index contributed by atoms with van der Waals surface area (Å²) in [7, 11) is 3.16. The summed E-state index contributed by atoms with van der Waals surface area (Å²) in [5.74, 6) is 5.46. The number of nitrogens with one attached hydrogen (secondary N) is 2. The van der Waals surface area contributed by atoms with Crippen molar-refractivity contribution in [2.24, 2.45) is 0 Å². The minimum absolute atomic E-state index is 0.182. The number of hydrogen-bond acceptors (Lipinski definition) is 7. The molecule has 3 aromatic heterocycles. The van der Waals surface area contributed by atoms with Crippen molar-refractivity contribution >= 4 is 39.9 Å². The molecule has 3 heterocycles. The maximum Gasteiger partial charge on any atom is 0.251 e. The molecule has 0 aliphatic heterocycles. The van der Waals surface area contributed by atoms with Crippen LogP contribution >= 0.6 is 22.9 Å². The van der Waals surface area contributed by atoms with E-state index in [1.165, 1.54) is 18.3 Å². The molecule has 0 unspecified atom stereocenters. The Hall–Kier alpha value is -4.04. The monoisotopic (exact) mass is 546 g/mol. The Balaban J connectivity index is 1.66. The Labute approximate surface area is 228 Å². The number of aromatic nitrogens is 4. The zero-order valence-electron chi connectivity index (χ0n) is 20.9. The Morgan fingerprint density at radius 1 is 1.24 bits per heavy atom. The third kappa shape index (κ3) is 4.91. The molecule has 2 N–H and O–H groups in total. The van der Waals surface area contributed by atoms with Crippen molar-refractivity contribution < 1.29 is 14.3 Å². The fourth-order valence-corrected chi connectivity index (χ4v) is 5.63. The molecule has 1 aliphatic rings. The van der Waals surface area contributed by atoms with Crippen LogP contribution in [0.2, 0.25) is 5.02 Å². The molecule has 1 aliphatic carbocycles. The van der Waals surface area contributed by atoms with Gasteiger partial charge in [-0.15, -0.1) is 0 Å². The molecule has 0 bridgehead atoms. The highest BCUT2D eigenvalue weighted by molar-refractivity contribution is 7.19. The number of ether oxygens (including phenoxy) is 1. The molecule has 1 aromatic carbocycles. The third-order valence-corrected chi connectivity index (χ3v) is 7.25. The summed E-state index contributed by atoms with van der Waals surface area (Å²) in [6, 6.07) is 8.91. The smallest absolute Gasteiger partial charge is 0.251 e. The summed E-state index contributed by atoms with van der Waals surface area (Å²) in [6.07, 6.45) is 3.16. The topological polar surface area (TPSA) is 111 Å². The molecule has 9 nitrogen and oxygen atoms in total. The van der Waals surface area contributed by atoms with Crippen LogP contribution in [0.1, 0.15) is 34.2 Å². The average Bonchev–Trinajstić information content (AvgIpc) is 3.49. The molecule has 0 fully saturated rings. The quantitative estimate of drug-likeness (QED) is 0.364. The molecule has 11 heteroatoms. The average molecular weight is 547 g/mol. The van der Waals surface area contributed by atoms with Gasteiger partial charge in [0.15, 0.2) is 5.13 Å². The van der Waals surface area contributed by atoms with Gasteiger partial charge in [-0.2, -0.15) is 5.10 Å². The van der Waals surface area contributed by atoms with Gasteiger partial charge in [0.2, 0.25) is 5.91 Å². The zero-order chi connectivity index (χ0) is 26.8. The van der Waals surface area contributed by atoms with Gasteiger partial charge in [0.1, 0.15) is 12.3 Å². The molecule has 4 aromatic rings. The van der Waals surface area contributed by atoms with Crippen LogP contribution < -0.4 is 10.6 Å². The fraction of sp³-hybridized carbons (Fsp3) is 0.222. The second-order valence-electron chi connectivity index (χ2n) is 8.48. The number of carbonyl (C=O) groups excluding carboxylic acids is 2. The standard InChI is InChI=1S/C27H23ClN6O3S/c1-15(35)31-27-32-21-10-9-19-23(17-6-8-18(30-14-17)5-4-12-37-3)33-34(24(19)25(21)38-27)22-11-7-16(13-20(22)28)26(36)29-2/h6-8,11,13-14H,9-10,12H2,1-3H3,(H,29,36)(H,31,32,35). The van der Waals surface area contributed by atoms with Crippen molar-refractivity contribution in [3.8, 4) is 39.4 Å².